The molecular formula is C37H43N5O3S. The van der Waals surface area contributed by atoms with Crippen LogP contribution in [0, 0.1) is 19.3 Å². The Kier molecular flexibility index (Phi) is 9.25. The molecule has 46 heavy (non-hydrogen) atoms. The molecular weight excluding hydrogens is 595 g/mol. The van der Waals surface area contributed by atoms with Crippen LogP contribution in [0.2, 0.25) is 0 Å². The van der Waals surface area contributed by atoms with Gasteiger partial charge >= 0.3 is 5.97 Å². The molecule has 0 aliphatic carbocycles. The van der Waals surface area contributed by atoms with Crippen LogP contribution in [0.4, 0.5) is 0 Å². The number of rotatable bonds is 10. The molecule has 0 amide bonds. The van der Waals surface area contributed by atoms with Gasteiger partial charge in [0, 0.05) is 48.0 Å². The largest absolute Gasteiger partial charge is 0.487 e. The van der Waals surface area contributed by atoms with E-state index in [0.717, 1.165) is 76.6 Å². The number of benzene rings is 2. The maximum absolute atomic E-state index is 14.0. The van der Waals surface area contributed by atoms with Crippen LogP contribution in [0.5, 0.6) is 5.75 Å². The molecule has 0 fully saturated rings. The highest BCUT2D eigenvalue weighted by molar-refractivity contribution is 7.12. The molecule has 1 aliphatic rings. The lowest BCUT2D eigenvalue weighted by Crippen LogP contribution is -2.34. The van der Waals surface area contributed by atoms with Crippen LogP contribution < -0.4 is 4.74 Å². The van der Waals surface area contributed by atoms with Gasteiger partial charge in [0.05, 0.1) is 16.6 Å². The molecule has 2 aromatic carbocycles. The average Bonchev–Trinajstić information content (AvgIpc) is 3.58. The van der Waals surface area contributed by atoms with E-state index in [1.54, 1.807) is 11.3 Å². The summed E-state index contributed by atoms with van der Waals surface area (Å²) in [4.78, 5) is 23.5. The number of thiophene rings is 1. The predicted octanol–water partition coefficient (Wildman–Crippen LogP) is 7.60. The summed E-state index contributed by atoms with van der Waals surface area (Å²) in [6.45, 7) is 15.8. The summed E-state index contributed by atoms with van der Waals surface area (Å²) in [6, 6.07) is 20.3. The van der Waals surface area contributed by atoms with E-state index in [4.69, 9.17) is 9.47 Å². The molecule has 9 heteroatoms. The lowest BCUT2D eigenvalue weighted by atomic mass is 9.72. The smallest absolute Gasteiger partial charge is 0.312 e. The third-order valence-corrected chi connectivity index (χ3v) is 10.4. The van der Waals surface area contributed by atoms with E-state index in [-0.39, 0.29) is 24.6 Å². The molecule has 0 unspecified atom stereocenters. The summed E-state index contributed by atoms with van der Waals surface area (Å²) in [7, 11) is 0. The first-order valence-corrected chi connectivity index (χ1v) is 17.0. The maximum atomic E-state index is 14.0. The van der Waals surface area contributed by atoms with Gasteiger partial charge in [0.1, 0.15) is 24.0 Å². The minimum Gasteiger partial charge on any atom is -0.487 e. The Morgan fingerprint density at radius 3 is 2.67 bits per heavy atom. The van der Waals surface area contributed by atoms with E-state index in [0.29, 0.717) is 0 Å². The fraction of sp³-hybridized carbons (Fsp3) is 0.405. The van der Waals surface area contributed by atoms with Crippen LogP contribution in [0.3, 0.4) is 0 Å². The van der Waals surface area contributed by atoms with Crippen molar-refractivity contribution in [1.82, 2.24) is 24.9 Å². The standard InChI is InChI=1S/C37H43N5O3S/c1-7-28-21-41(22-30-32(45-28)15-12-18-38-30)20-27-19-33(46-25(27)4)34(29-16-17-31-35(24(29)3)39-40-42(31)8-2)37(5,6)36(43)44-23-26-13-10-9-11-14-26/h9-19,28,34H,7-8,20-23H2,1-6H3/t28-,34-/m1/s1. The lowest BCUT2D eigenvalue weighted by molar-refractivity contribution is -0.156. The van der Waals surface area contributed by atoms with Crippen LogP contribution >= 0.6 is 11.3 Å². The van der Waals surface area contributed by atoms with E-state index < -0.39 is 5.41 Å². The number of ether oxygens (including phenoxy) is 2. The highest BCUT2D eigenvalue weighted by atomic mass is 32.1. The Bertz CT molecular complexity index is 1830. The SMILES string of the molecule is CC[C@@H]1CN(Cc2cc([C@@H](c3ccc4c(nnn4CC)c3C)C(C)(C)C(=O)OCc3ccccc3)sc2C)Cc2ncccc2O1. The summed E-state index contributed by atoms with van der Waals surface area (Å²) in [5, 5.41) is 8.93. The van der Waals surface area contributed by atoms with E-state index in [1.807, 2.05) is 67.2 Å². The average molecular weight is 638 g/mol. The van der Waals surface area contributed by atoms with E-state index >= 15 is 0 Å². The number of esters is 1. The molecule has 240 valence electrons. The van der Waals surface area contributed by atoms with Crippen LogP contribution in [0.1, 0.15) is 77.7 Å². The topological polar surface area (TPSA) is 82.4 Å². The van der Waals surface area contributed by atoms with Crippen molar-refractivity contribution in [3.05, 3.63) is 105 Å². The molecule has 3 aromatic heterocycles. The lowest BCUT2D eigenvalue weighted by Gasteiger charge is -2.33. The van der Waals surface area contributed by atoms with Gasteiger partial charge in [0.15, 0.2) is 0 Å². The maximum Gasteiger partial charge on any atom is 0.312 e. The van der Waals surface area contributed by atoms with E-state index in [9.17, 15) is 4.79 Å². The number of pyridine rings is 1. The van der Waals surface area contributed by atoms with Gasteiger partial charge in [-0.2, -0.15) is 0 Å². The molecule has 0 radical (unpaired) electrons. The Balaban J connectivity index is 1.36. The molecule has 0 spiro atoms. The number of carbonyl (C=O) groups is 1. The van der Waals surface area contributed by atoms with Gasteiger partial charge in [-0.1, -0.05) is 48.5 Å². The number of hydrogen-bond donors (Lipinski definition) is 0. The summed E-state index contributed by atoms with van der Waals surface area (Å²) in [6.07, 6.45) is 2.85. The van der Waals surface area contributed by atoms with Gasteiger partial charge in [-0.15, -0.1) is 16.4 Å². The minimum atomic E-state index is -0.866. The zero-order chi connectivity index (χ0) is 32.4. The van der Waals surface area contributed by atoms with Crippen molar-refractivity contribution >= 4 is 28.3 Å². The highest BCUT2D eigenvalue weighted by Gasteiger charge is 2.42. The predicted molar refractivity (Wildman–Crippen MR) is 182 cm³/mol. The number of carbonyl (C=O) groups excluding carboxylic acids is 1. The molecule has 2 atom stereocenters. The molecule has 0 bridgehead atoms. The van der Waals surface area contributed by atoms with Crippen LogP contribution in [-0.4, -0.2) is 43.5 Å². The second-order valence-electron chi connectivity index (χ2n) is 12.8. The van der Waals surface area contributed by atoms with Crippen molar-refractivity contribution in [1.29, 1.82) is 0 Å². The van der Waals surface area contributed by atoms with E-state index in [1.165, 1.54) is 10.4 Å². The summed E-state index contributed by atoms with van der Waals surface area (Å²) < 4.78 is 14.2. The fourth-order valence-corrected chi connectivity index (χ4v) is 7.85. The number of aryl methyl sites for hydroxylation is 3. The molecule has 5 aromatic rings. The third kappa shape index (κ3) is 6.31. The fourth-order valence-electron chi connectivity index (χ4n) is 6.50. The first kappa shape index (κ1) is 31.9. The molecule has 1 aliphatic heterocycles. The normalized spacial score (nSPS) is 16.1. The van der Waals surface area contributed by atoms with Crippen molar-refractivity contribution in [3.63, 3.8) is 0 Å². The summed E-state index contributed by atoms with van der Waals surface area (Å²) in [5.41, 5.74) is 6.29. The van der Waals surface area contributed by atoms with Gasteiger partial charge in [-0.25, -0.2) is 4.68 Å². The third-order valence-electron chi connectivity index (χ3n) is 9.20. The zero-order valence-electron chi connectivity index (χ0n) is 27.6. The van der Waals surface area contributed by atoms with Gasteiger partial charge < -0.3 is 9.47 Å². The van der Waals surface area contributed by atoms with E-state index in [2.05, 4.69) is 66.1 Å². The molecule has 4 heterocycles. The monoisotopic (exact) mass is 637 g/mol. The van der Waals surface area contributed by atoms with Gasteiger partial charge in [-0.05, 0) is 87.6 Å². The van der Waals surface area contributed by atoms with Crippen LogP contribution in [0.15, 0.2) is 66.9 Å². The first-order valence-electron chi connectivity index (χ1n) is 16.2. The highest BCUT2D eigenvalue weighted by Crippen LogP contribution is 2.47. The molecule has 8 nitrogen and oxygen atoms in total. The number of hydrogen-bond acceptors (Lipinski definition) is 8. The Morgan fingerprint density at radius 2 is 1.91 bits per heavy atom. The van der Waals surface area contributed by atoms with Gasteiger partial charge in [0.25, 0.3) is 0 Å². The summed E-state index contributed by atoms with van der Waals surface area (Å²) >= 11 is 1.76. The van der Waals surface area contributed by atoms with Crippen LogP contribution in [0.25, 0.3) is 11.0 Å². The summed E-state index contributed by atoms with van der Waals surface area (Å²) in [5.74, 6) is 0.396. The minimum absolute atomic E-state index is 0.0980. The molecule has 6 rings (SSSR count). The second-order valence-corrected chi connectivity index (χ2v) is 14.1. The van der Waals surface area contributed by atoms with Crippen molar-refractivity contribution < 1.29 is 14.3 Å². The van der Waals surface area contributed by atoms with Gasteiger partial charge in [0.2, 0.25) is 0 Å². The van der Waals surface area contributed by atoms with Crippen molar-refractivity contribution in [2.24, 2.45) is 5.41 Å². The van der Waals surface area contributed by atoms with Gasteiger partial charge in [-0.3, -0.25) is 14.7 Å². The van der Waals surface area contributed by atoms with Crippen molar-refractivity contribution in [2.45, 2.75) is 86.2 Å². The van der Waals surface area contributed by atoms with Crippen molar-refractivity contribution in [2.75, 3.05) is 6.54 Å². The Labute approximate surface area is 275 Å². The van der Waals surface area contributed by atoms with Crippen LogP contribution in [-0.2, 0) is 35.8 Å². The Hall–Kier alpha value is -4.08. The van der Waals surface area contributed by atoms with Crippen molar-refractivity contribution in [3.8, 4) is 5.75 Å². The molecule has 0 saturated carbocycles. The quantitative estimate of drug-likeness (QED) is 0.146. The Morgan fingerprint density at radius 1 is 1.11 bits per heavy atom. The number of aromatic nitrogens is 4. The number of fused-ring (bicyclic) bond motifs is 2. The second kappa shape index (κ2) is 13.3. The first-order chi connectivity index (χ1) is 22.2. The number of nitrogens with zero attached hydrogens (tertiary/aromatic N) is 5. The molecule has 0 N–H and O–H groups in total. The molecule has 0 saturated heterocycles. The zero-order valence-corrected chi connectivity index (χ0v) is 28.4.